The van der Waals surface area contributed by atoms with Crippen LogP contribution in [0.15, 0.2) is 23.1 Å². The van der Waals surface area contributed by atoms with Crippen LogP contribution < -0.4 is 11.1 Å². The number of rotatable bonds is 3. The van der Waals surface area contributed by atoms with Gasteiger partial charge in [-0.15, -0.1) is 24.2 Å². The van der Waals surface area contributed by atoms with Crippen LogP contribution in [0, 0.1) is 11.7 Å². The number of hydrogen-bond acceptors (Lipinski definition) is 3. The summed E-state index contributed by atoms with van der Waals surface area (Å²) in [6.07, 6.45) is 0.803. The normalized spacial score (nSPS) is 18.9. The van der Waals surface area contributed by atoms with Crippen LogP contribution in [0.25, 0.3) is 0 Å². The molecule has 1 aromatic rings. The molecule has 0 saturated carbocycles. The summed E-state index contributed by atoms with van der Waals surface area (Å²) in [6.45, 7) is 3.82. The summed E-state index contributed by atoms with van der Waals surface area (Å²) in [5, 5.41) is 2.94. The van der Waals surface area contributed by atoms with E-state index in [1.54, 1.807) is 17.8 Å². The summed E-state index contributed by atoms with van der Waals surface area (Å²) < 4.78 is 13.3. The van der Waals surface area contributed by atoms with Crippen molar-refractivity contribution in [1.82, 2.24) is 5.32 Å². The Morgan fingerprint density at radius 3 is 2.85 bits per heavy atom. The van der Waals surface area contributed by atoms with Crippen molar-refractivity contribution in [2.24, 2.45) is 11.7 Å². The molecule has 3 nitrogen and oxygen atoms in total. The highest BCUT2D eigenvalue weighted by Gasteiger charge is 2.25. The minimum Gasteiger partial charge on any atom is -0.348 e. The van der Waals surface area contributed by atoms with Crippen molar-refractivity contribution in [3.8, 4) is 0 Å². The minimum absolute atomic E-state index is 0. The Labute approximate surface area is 129 Å². The number of halogens is 2. The second kappa shape index (κ2) is 7.29. The molecular formula is C14H20ClFN2OS. The van der Waals surface area contributed by atoms with Gasteiger partial charge in [-0.25, -0.2) is 4.39 Å². The van der Waals surface area contributed by atoms with Gasteiger partial charge in [-0.1, -0.05) is 13.8 Å². The SMILES string of the molecule is CC(C)C(N)C(=O)NC1CCSc2ccc(F)cc21.Cl. The first-order valence-electron chi connectivity index (χ1n) is 6.47. The molecule has 2 rings (SSSR count). The lowest BCUT2D eigenvalue weighted by Gasteiger charge is -2.27. The van der Waals surface area contributed by atoms with E-state index in [9.17, 15) is 9.18 Å². The molecule has 0 aromatic heterocycles. The summed E-state index contributed by atoms with van der Waals surface area (Å²) in [5.41, 5.74) is 6.70. The van der Waals surface area contributed by atoms with E-state index in [-0.39, 0.29) is 36.1 Å². The third-order valence-corrected chi connectivity index (χ3v) is 4.47. The number of thioether (sulfide) groups is 1. The van der Waals surface area contributed by atoms with E-state index in [1.807, 2.05) is 13.8 Å². The Bertz CT molecular complexity index is 484. The van der Waals surface area contributed by atoms with Crippen LogP contribution in [0.3, 0.4) is 0 Å². The molecule has 1 amide bonds. The van der Waals surface area contributed by atoms with Gasteiger partial charge in [0.2, 0.25) is 5.91 Å². The molecule has 1 aromatic carbocycles. The zero-order chi connectivity index (χ0) is 14.0. The average Bonchev–Trinajstić information content (AvgIpc) is 2.38. The van der Waals surface area contributed by atoms with Crippen LogP contribution in [0.1, 0.15) is 31.9 Å². The van der Waals surface area contributed by atoms with Crippen LogP contribution in [-0.2, 0) is 4.79 Å². The molecule has 20 heavy (non-hydrogen) atoms. The standard InChI is InChI=1S/C14H19FN2OS.ClH/c1-8(2)13(16)14(18)17-11-5-6-19-12-4-3-9(15)7-10(11)12;/h3-4,7-8,11,13H,5-6,16H2,1-2H3,(H,17,18);1H. The van der Waals surface area contributed by atoms with Gasteiger partial charge in [0, 0.05) is 10.6 Å². The van der Waals surface area contributed by atoms with Crippen molar-refractivity contribution < 1.29 is 9.18 Å². The molecule has 1 heterocycles. The molecular weight excluding hydrogens is 299 g/mol. The van der Waals surface area contributed by atoms with Gasteiger partial charge in [0.15, 0.2) is 0 Å². The van der Waals surface area contributed by atoms with Crippen molar-refractivity contribution >= 4 is 30.1 Å². The topological polar surface area (TPSA) is 55.1 Å². The maximum Gasteiger partial charge on any atom is 0.237 e. The van der Waals surface area contributed by atoms with Crippen LogP contribution in [0.4, 0.5) is 4.39 Å². The minimum atomic E-state index is -0.522. The fourth-order valence-corrected chi connectivity index (χ4v) is 3.19. The molecule has 0 spiro atoms. The Morgan fingerprint density at radius 2 is 2.20 bits per heavy atom. The number of fused-ring (bicyclic) bond motifs is 1. The van der Waals surface area contributed by atoms with Crippen LogP contribution in [0.2, 0.25) is 0 Å². The van der Waals surface area contributed by atoms with Crippen LogP contribution in [0.5, 0.6) is 0 Å². The third kappa shape index (κ3) is 3.87. The van der Waals surface area contributed by atoms with Gasteiger partial charge in [-0.2, -0.15) is 0 Å². The third-order valence-electron chi connectivity index (χ3n) is 3.35. The van der Waals surface area contributed by atoms with E-state index >= 15 is 0 Å². The van der Waals surface area contributed by atoms with Crippen molar-refractivity contribution in [2.75, 3.05) is 5.75 Å². The van der Waals surface area contributed by atoms with E-state index in [0.717, 1.165) is 22.6 Å². The number of nitrogens with two attached hydrogens (primary N) is 1. The zero-order valence-corrected chi connectivity index (χ0v) is 13.2. The van der Waals surface area contributed by atoms with Gasteiger partial charge < -0.3 is 11.1 Å². The molecule has 0 bridgehead atoms. The second-order valence-electron chi connectivity index (χ2n) is 5.15. The number of carbonyl (C=O) groups is 1. The number of hydrogen-bond donors (Lipinski definition) is 2. The average molecular weight is 319 g/mol. The predicted octanol–water partition coefficient (Wildman–Crippen LogP) is 2.88. The number of amides is 1. The second-order valence-corrected chi connectivity index (χ2v) is 6.29. The molecule has 0 saturated heterocycles. The lowest BCUT2D eigenvalue weighted by molar-refractivity contribution is -0.124. The first-order valence-corrected chi connectivity index (χ1v) is 7.46. The van der Waals surface area contributed by atoms with E-state index in [0.29, 0.717) is 0 Å². The molecule has 112 valence electrons. The van der Waals surface area contributed by atoms with Crippen molar-refractivity contribution in [1.29, 1.82) is 0 Å². The first-order chi connectivity index (χ1) is 8.99. The molecule has 2 unspecified atom stereocenters. The van der Waals surface area contributed by atoms with E-state index in [4.69, 9.17) is 5.73 Å². The van der Waals surface area contributed by atoms with Gasteiger partial charge in [-0.3, -0.25) is 4.79 Å². The van der Waals surface area contributed by atoms with E-state index in [1.165, 1.54) is 12.1 Å². The van der Waals surface area contributed by atoms with Gasteiger partial charge >= 0.3 is 0 Å². The highest BCUT2D eigenvalue weighted by Crippen LogP contribution is 2.36. The maximum atomic E-state index is 13.3. The van der Waals surface area contributed by atoms with Crippen LogP contribution in [-0.4, -0.2) is 17.7 Å². The largest absolute Gasteiger partial charge is 0.348 e. The monoisotopic (exact) mass is 318 g/mol. The summed E-state index contributed by atoms with van der Waals surface area (Å²) in [4.78, 5) is 13.0. The number of nitrogens with one attached hydrogen (secondary N) is 1. The Hall–Kier alpha value is -0.780. The van der Waals surface area contributed by atoms with Gasteiger partial charge in [0.25, 0.3) is 0 Å². The summed E-state index contributed by atoms with van der Waals surface area (Å²) in [5.74, 6) is 0.571. The fraction of sp³-hybridized carbons (Fsp3) is 0.500. The number of benzene rings is 1. The molecule has 2 atom stereocenters. The van der Waals surface area contributed by atoms with E-state index < -0.39 is 6.04 Å². The number of carbonyl (C=O) groups excluding carboxylic acids is 1. The quantitative estimate of drug-likeness (QED) is 0.901. The Kier molecular flexibility index (Phi) is 6.30. The summed E-state index contributed by atoms with van der Waals surface area (Å²) >= 11 is 1.69. The predicted molar refractivity (Wildman–Crippen MR) is 82.7 cm³/mol. The molecule has 1 aliphatic rings. The highest BCUT2D eigenvalue weighted by atomic mass is 35.5. The molecule has 0 fully saturated rings. The van der Waals surface area contributed by atoms with E-state index in [2.05, 4.69) is 5.32 Å². The molecule has 0 aliphatic carbocycles. The van der Waals surface area contributed by atoms with Crippen molar-refractivity contribution in [3.63, 3.8) is 0 Å². The Balaban J connectivity index is 0.00000200. The smallest absolute Gasteiger partial charge is 0.237 e. The maximum absolute atomic E-state index is 13.3. The summed E-state index contributed by atoms with van der Waals surface area (Å²) in [7, 11) is 0. The molecule has 1 aliphatic heterocycles. The van der Waals surface area contributed by atoms with Gasteiger partial charge in [0.1, 0.15) is 5.82 Å². The van der Waals surface area contributed by atoms with Crippen LogP contribution >= 0.6 is 24.2 Å². The fourth-order valence-electron chi connectivity index (χ4n) is 2.09. The Morgan fingerprint density at radius 1 is 1.50 bits per heavy atom. The molecule has 3 N–H and O–H groups in total. The molecule has 0 radical (unpaired) electrons. The lowest BCUT2D eigenvalue weighted by Crippen LogP contribution is -2.45. The summed E-state index contributed by atoms with van der Waals surface area (Å²) in [6, 6.07) is 4.08. The van der Waals surface area contributed by atoms with Crippen molar-refractivity contribution in [3.05, 3.63) is 29.6 Å². The zero-order valence-electron chi connectivity index (χ0n) is 11.6. The highest BCUT2D eigenvalue weighted by molar-refractivity contribution is 7.99. The molecule has 6 heteroatoms. The first kappa shape index (κ1) is 17.3. The van der Waals surface area contributed by atoms with Gasteiger partial charge in [-0.05, 0) is 36.1 Å². The van der Waals surface area contributed by atoms with Crippen molar-refractivity contribution in [2.45, 2.75) is 37.2 Å². The lowest BCUT2D eigenvalue weighted by atomic mass is 10.0. The van der Waals surface area contributed by atoms with Gasteiger partial charge in [0.05, 0.1) is 12.1 Å².